The van der Waals surface area contributed by atoms with Crippen LogP contribution in [0, 0.1) is 5.92 Å². The number of piperazine rings is 1. The van der Waals surface area contributed by atoms with Gasteiger partial charge in [-0.1, -0.05) is 37.3 Å². The van der Waals surface area contributed by atoms with E-state index in [1.165, 1.54) is 0 Å². The lowest BCUT2D eigenvalue weighted by Crippen LogP contribution is -2.54. The Morgan fingerprint density at radius 1 is 1.10 bits per heavy atom. The molecule has 1 aromatic carbocycles. The Hall–Kier alpha value is -1.19. The lowest BCUT2D eigenvalue weighted by Gasteiger charge is -2.42. The number of carbonyl (C=O) groups is 1. The zero-order valence-corrected chi connectivity index (χ0v) is 13.8. The average molecular weight is 288 g/mol. The van der Waals surface area contributed by atoms with Crippen LogP contribution in [0.5, 0.6) is 0 Å². The van der Waals surface area contributed by atoms with Gasteiger partial charge in [0.05, 0.1) is 0 Å². The Labute approximate surface area is 128 Å². The van der Waals surface area contributed by atoms with Crippen molar-refractivity contribution in [1.82, 2.24) is 9.80 Å². The number of rotatable bonds is 4. The SMILES string of the molecule is CC(CN1CCN(C(C)(C)C)CC1)C(=O)c1ccccc1. The summed E-state index contributed by atoms with van der Waals surface area (Å²) in [7, 11) is 0. The molecule has 1 aromatic rings. The van der Waals surface area contributed by atoms with E-state index in [9.17, 15) is 4.79 Å². The van der Waals surface area contributed by atoms with Crippen molar-refractivity contribution in [2.75, 3.05) is 32.7 Å². The van der Waals surface area contributed by atoms with Gasteiger partial charge in [0.2, 0.25) is 0 Å². The quantitative estimate of drug-likeness (QED) is 0.796. The number of hydrogen-bond donors (Lipinski definition) is 0. The van der Waals surface area contributed by atoms with Crippen LogP contribution in [0.3, 0.4) is 0 Å². The molecule has 116 valence electrons. The number of carbonyl (C=O) groups excluding carboxylic acids is 1. The Balaban J connectivity index is 1.85. The molecule has 1 atom stereocenters. The molecule has 1 fully saturated rings. The van der Waals surface area contributed by atoms with Crippen molar-refractivity contribution >= 4 is 5.78 Å². The van der Waals surface area contributed by atoms with Gasteiger partial charge in [0.1, 0.15) is 0 Å². The number of hydrogen-bond acceptors (Lipinski definition) is 3. The molecule has 1 unspecified atom stereocenters. The highest BCUT2D eigenvalue weighted by molar-refractivity contribution is 5.97. The molecule has 1 heterocycles. The fourth-order valence-electron chi connectivity index (χ4n) is 2.96. The van der Waals surface area contributed by atoms with Crippen molar-refractivity contribution in [3.63, 3.8) is 0 Å². The summed E-state index contributed by atoms with van der Waals surface area (Å²) in [6, 6.07) is 9.64. The maximum absolute atomic E-state index is 12.4. The maximum Gasteiger partial charge on any atom is 0.166 e. The van der Waals surface area contributed by atoms with Crippen LogP contribution < -0.4 is 0 Å². The molecule has 1 aliphatic heterocycles. The zero-order chi connectivity index (χ0) is 15.5. The molecule has 3 heteroatoms. The van der Waals surface area contributed by atoms with Crippen molar-refractivity contribution in [3.8, 4) is 0 Å². The smallest absolute Gasteiger partial charge is 0.166 e. The first kappa shape index (κ1) is 16.2. The highest BCUT2D eigenvalue weighted by Crippen LogP contribution is 2.17. The first-order valence-electron chi connectivity index (χ1n) is 7.94. The van der Waals surface area contributed by atoms with Crippen molar-refractivity contribution in [2.24, 2.45) is 5.92 Å². The Bertz CT molecular complexity index is 456. The predicted molar refractivity (Wildman–Crippen MR) is 87.7 cm³/mol. The predicted octanol–water partition coefficient (Wildman–Crippen LogP) is 2.92. The second-order valence-electron chi connectivity index (χ2n) is 7.09. The third-order valence-electron chi connectivity index (χ3n) is 4.36. The molecule has 1 aliphatic rings. The fraction of sp³-hybridized carbons (Fsp3) is 0.611. The van der Waals surface area contributed by atoms with Gasteiger partial charge in [0.25, 0.3) is 0 Å². The number of nitrogens with zero attached hydrogens (tertiary/aromatic N) is 2. The fourth-order valence-corrected chi connectivity index (χ4v) is 2.96. The third kappa shape index (κ3) is 4.39. The molecule has 0 N–H and O–H groups in total. The van der Waals surface area contributed by atoms with Crippen LogP contribution in [-0.2, 0) is 0 Å². The van der Waals surface area contributed by atoms with E-state index in [0.29, 0.717) is 0 Å². The maximum atomic E-state index is 12.4. The topological polar surface area (TPSA) is 23.6 Å². The molecular weight excluding hydrogens is 260 g/mol. The monoisotopic (exact) mass is 288 g/mol. The molecule has 1 saturated heterocycles. The second-order valence-corrected chi connectivity index (χ2v) is 7.09. The first-order chi connectivity index (χ1) is 9.88. The van der Waals surface area contributed by atoms with E-state index < -0.39 is 0 Å². The van der Waals surface area contributed by atoms with Gasteiger partial charge in [0.15, 0.2) is 5.78 Å². The molecule has 0 saturated carbocycles. The van der Waals surface area contributed by atoms with E-state index in [1.807, 2.05) is 37.3 Å². The third-order valence-corrected chi connectivity index (χ3v) is 4.36. The van der Waals surface area contributed by atoms with Crippen LogP contribution in [0.25, 0.3) is 0 Å². The minimum atomic E-state index is 0.0635. The van der Waals surface area contributed by atoms with Gasteiger partial charge in [-0.05, 0) is 20.8 Å². The average Bonchev–Trinajstić information content (AvgIpc) is 2.47. The van der Waals surface area contributed by atoms with E-state index in [-0.39, 0.29) is 17.2 Å². The van der Waals surface area contributed by atoms with Gasteiger partial charge in [-0.2, -0.15) is 0 Å². The summed E-state index contributed by atoms with van der Waals surface area (Å²) in [5.41, 5.74) is 1.08. The molecule has 21 heavy (non-hydrogen) atoms. The van der Waals surface area contributed by atoms with Crippen LogP contribution >= 0.6 is 0 Å². The highest BCUT2D eigenvalue weighted by Gasteiger charge is 2.27. The Kier molecular flexibility index (Phi) is 5.17. The molecule has 0 spiro atoms. The summed E-state index contributed by atoms with van der Waals surface area (Å²) in [5, 5.41) is 0. The number of ketones is 1. The Morgan fingerprint density at radius 3 is 2.19 bits per heavy atom. The van der Waals surface area contributed by atoms with Crippen molar-refractivity contribution in [1.29, 1.82) is 0 Å². The lowest BCUT2D eigenvalue weighted by atomic mass is 9.98. The summed E-state index contributed by atoms with van der Waals surface area (Å²) in [6.45, 7) is 14.0. The van der Waals surface area contributed by atoms with Crippen molar-refractivity contribution < 1.29 is 4.79 Å². The van der Waals surface area contributed by atoms with Gasteiger partial charge in [-0.15, -0.1) is 0 Å². The highest BCUT2D eigenvalue weighted by atomic mass is 16.1. The van der Waals surface area contributed by atoms with Crippen molar-refractivity contribution in [2.45, 2.75) is 33.2 Å². The van der Waals surface area contributed by atoms with E-state index >= 15 is 0 Å². The summed E-state index contributed by atoms with van der Waals surface area (Å²) in [4.78, 5) is 17.4. The van der Waals surface area contributed by atoms with Gasteiger partial charge in [-0.25, -0.2) is 0 Å². The summed E-state index contributed by atoms with van der Waals surface area (Å²) >= 11 is 0. The largest absolute Gasteiger partial charge is 0.300 e. The Morgan fingerprint density at radius 2 is 1.67 bits per heavy atom. The van der Waals surface area contributed by atoms with E-state index in [0.717, 1.165) is 38.3 Å². The van der Waals surface area contributed by atoms with Crippen LogP contribution in [0.4, 0.5) is 0 Å². The van der Waals surface area contributed by atoms with Gasteiger partial charge in [0, 0.05) is 49.7 Å². The van der Waals surface area contributed by atoms with Crippen LogP contribution in [0.2, 0.25) is 0 Å². The molecule has 0 aliphatic carbocycles. The lowest BCUT2D eigenvalue weighted by molar-refractivity contribution is 0.0537. The van der Waals surface area contributed by atoms with Gasteiger partial charge < -0.3 is 4.90 Å². The second kappa shape index (κ2) is 6.71. The molecule has 0 bridgehead atoms. The summed E-state index contributed by atoms with van der Waals surface area (Å²) < 4.78 is 0. The minimum absolute atomic E-state index is 0.0635. The van der Waals surface area contributed by atoms with Crippen molar-refractivity contribution in [3.05, 3.63) is 35.9 Å². The standard InChI is InChI=1S/C18H28N2O/c1-15(17(21)16-8-6-5-7-9-16)14-19-10-12-20(13-11-19)18(2,3)4/h5-9,15H,10-14H2,1-4H3. The molecule has 3 nitrogen and oxygen atoms in total. The van der Waals surface area contributed by atoms with E-state index in [1.54, 1.807) is 0 Å². The minimum Gasteiger partial charge on any atom is -0.300 e. The first-order valence-corrected chi connectivity index (χ1v) is 7.94. The molecule has 0 radical (unpaired) electrons. The van der Waals surface area contributed by atoms with E-state index in [4.69, 9.17) is 0 Å². The van der Waals surface area contributed by atoms with Crippen LogP contribution in [-0.4, -0.2) is 53.8 Å². The molecule has 0 amide bonds. The van der Waals surface area contributed by atoms with E-state index in [2.05, 4.69) is 30.6 Å². The molecule has 0 aromatic heterocycles. The molecule has 2 rings (SSSR count). The zero-order valence-electron chi connectivity index (χ0n) is 13.8. The number of Topliss-reactive ketones (excluding diaryl/α,β-unsaturated/α-hetero) is 1. The summed E-state index contributed by atoms with van der Waals surface area (Å²) in [5.74, 6) is 0.322. The molecular formula is C18H28N2O. The number of benzene rings is 1. The van der Waals surface area contributed by atoms with Crippen LogP contribution in [0.1, 0.15) is 38.1 Å². The summed E-state index contributed by atoms with van der Waals surface area (Å²) in [6.07, 6.45) is 0. The van der Waals surface area contributed by atoms with Gasteiger partial charge >= 0.3 is 0 Å². The normalized spacial score (nSPS) is 19.4. The van der Waals surface area contributed by atoms with Crippen LogP contribution in [0.15, 0.2) is 30.3 Å². The van der Waals surface area contributed by atoms with Gasteiger partial charge in [-0.3, -0.25) is 9.69 Å².